The Morgan fingerprint density at radius 2 is 2.04 bits per heavy atom. The second kappa shape index (κ2) is 7.52. The van der Waals surface area contributed by atoms with Crippen molar-refractivity contribution < 1.29 is 9.53 Å². The lowest BCUT2D eigenvalue weighted by molar-refractivity contribution is 0.0976. The lowest BCUT2D eigenvalue weighted by Crippen LogP contribution is -2.36. The van der Waals surface area contributed by atoms with Crippen LogP contribution in [0.4, 0.5) is 17.1 Å². The van der Waals surface area contributed by atoms with Crippen LogP contribution in [-0.2, 0) is 6.42 Å². The van der Waals surface area contributed by atoms with Crippen LogP contribution < -0.4 is 15.0 Å². The van der Waals surface area contributed by atoms with E-state index in [0.717, 1.165) is 23.5 Å². The highest BCUT2D eigenvalue weighted by atomic mass is 35.5. The second-order valence-electron chi connectivity index (χ2n) is 6.76. The summed E-state index contributed by atoms with van der Waals surface area (Å²) in [6.07, 6.45) is 2.50. The molecule has 3 aromatic rings. The number of halogens is 1. The Bertz CT molecular complexity index is 1020. The minimum absolute atomic E-state index is 0.0932. The van der Waals surface area contributed by atoms with Crippen molar-refractivity contribution in [2.75, 3.05) is 17.3 Å². The van der Waals surface area contributed by atoms with Crippen LogP contribution in [0.5, 0.6) is 5.75 Å². The van der Waals surface area contributed by atoms with Gasteiger partial charge in [-0.25, -0.2) is 4.98 Å². The number of rotatable bonds is 4. The lowest BCUT2D eigenvalue weighted by Gasteiger charge is -2.22. The molecule has 1 amide bonds. The molecule has 1 unspecified atom stereocenters. The van der Waals surface area contributed by atoms with Gasteiger partial charge in [-0.15, -0.1) is 0 Å². The van der Waals surface area contributed by atoms with Crippen LogP contribution in [0.1, 0.15) is 23.0 Å². The number of ether oxygens (including phenoxy) is 1. The van der Waals surface area contributed by atoms with E-state index in [2.05, 4.69) is 23.3 Å². The molecule has 6 heteroatoms. The minimum atomic E-state index is -0.0932. The summed E-state index contributed by atoms with van der Waals surface area (Å²) in [5.41, 5.74) is 4.04. The maximum absolute atomic E-state index is 13.0. The van der Waals surface area contributed by atoms with Gasteiger partial charge in [0.25, 0.3) is 5.91 Å². The predicted molar refractivity (Wildman–Crippen MR) is 112 cm³/mol. The van der Waals surface area contributed by atoms with E-state index in [1.54, 1.807) is 37.6 Å². The van der Waals surface area contributed by atoms with Crippen LogP contribution in [-0.4, -0.2) is 24.0 Å². The fourth-order valence-corrected chi connectivity index (χ4v) is 3.70. The number of nitrogens with zero attached hydrogens (tertiary/aromatic N) is 2. The summed E-state index contributed by atoms with van der Waals surface area (Å²) in [4.78, 5) is 19.2. The Balaban J connectivity index is 1.56. The monoisotopic (exact) mass is 393 g/mol. The normalized spacial score (nSPS) is 15.2. The van der Waals surface area contributed by atoms with E-state index in [4.69, 9.17) is 16.3 Å². The molecule has 1 aliphatic rings. The molecule has 1 aromatic heterocycles. The van der Waals surface area contributed by atoms with Crippen molar-refractivity contribution in [2.45, 2.75) is 19.4 Å². The standard InChI is InChI=1S/C22H20ClN3O2/c1-14-11-15-5-3-4-6-20(15)26(14)22(27)18-9-8-17(13-24-18)25-19-12-16(23)7-10-21(19)28-2/h3-10,12-14,25H,11H2,1-2H3. The zero-order valence-corrected chi connectivity index (χ0v) is 16.4. The molecule has 0 bridgehead atoms. The molecule has 4 rings (SSSR count). The summed E-state index contributed by atoms with van der Waals surface area (Å²) in [6.45, 7) is 2.05. The van der Waals surface area contributed by atoms with Crippen molar-refractivity contribution in [3.05, 3.63) is 77.1 Å². The zero-order valence-electron chi connectivity index (χ0n) is 15.6. The maximum Gasteiger partial charge on any atom is 0.277 e. The molecule has 0 saturated carbocycles. The number of methoxy groups -OCH3 is 1. The molecular weight excluding hydrogens is 374 g/mol. The number of aromatic nitrogens is 1. The number of fused-ring (bicyclic) bond motifs is 1. The molecule has 0 aliphatic carbocycles. The van der Waals surface area contributed by atoms with E-state index in [9.17, 15) is 4.79 Å². The van der Waals surface area contributed by atoms with Crippen LogP contribution in [0.3, 0.4) is 0 Å². The van der Waals surface area contributed by atoms with Gasteiger partial charge in [0, 0.05) is 16.8 Å². The molecule has 0 fully saturated rings. The van der Waals surface area contributed by atoms with Crippen LogP contribution >= 0.6 is 11.6 Å². The van der Waals surface area contributed by atoms with Crippen molar-refractivity contribution in [3.8, 4) is 5.75 Å². The van der Waals surface area contributed by atoms with Crippen LogP contribution in [0, 0.1) is 0 Å². The number of hydrogen-bond acceptors (Lipinski definition) is 4. The summed E-state index contributed by atoms with van der Waals surface area (Å²) >= 11 is 6.07. The first-order valence-electron chi connectivity index (χ1n) is 9.05. The average Bonchev–Trinajstić information content (AvgIpc) is 3.04. The zero-order chi connectivity index (χ0) is 19.7. The number of para-hydroxylation sites is 1. The quantitative estimate of drug-likeness (QED) is 0.671. The largest absolute Gasteiger partial charge is 0.495 e. The van der Waals surface area contributed by atoms with Gasteiger partial charge in [-0.05, 0) is 55.3 Å². The SMILES string of the molecule is COc1ccc(Cl)cc1Nc1ccc(C(=O)N2c3ccccc3CC2C)nc1. The molecule has 1 aliphatic heterocycles. The van der Waals surface area contributed by atoms with E-state index < -0.39 is 0 Å². The highest BCUT2D eigenvalue weighted by molar-refractivity contribution is 6.31. The molecule has 2 heterocycles. The second-order valence-corrected chi connectivity index (χ2v) is 7.20. The van der Waals surface area contributed by atoms with Crippen molar-refractivity contribution in [2.24, 2.45) is 0 Å². The molecule has 28 heavy (non-hydrogen) atoms. The van der Waals surface area contributed by atoms with Crippen molar-refractivity contribution in [3.63, 3.8) is 0 Å². The molecular formula is C22H20ClN3O2. The summed E-state index contributed by atoms with van der Waals surface area (Å²) < 4.78 is 5.34. The topological polar surface area (TPSA) is 54.5 Å². The summed E-state index contributed by atoms with van der Waals surface area (Å²) in [6, 6.07) is 17.0. The lowest BCUT2D eigenvalue weighted by atomic mass is 10.1. The van der Waals surface area contributed by atoms with E-state index in [-0.39, 0.29) is 11.9 Å². The Kier molecular flexibility index (Phi) is 4.92. The van der Waals surface area contributed by atoms with E-state index >= 15 is 0 Å². The Morgan fingerprint density at radius 1 is 1.21 bits per heavy atom. The van der Waals surface area contributed by atoms with Gasteiger partial charge in [0.2, 0.25) is 0 Å². The molecule has 0 saturated heterocycles. The summed E-state index contributed by atoms with van der Waals surface area (Å²) in [7, 11) is 1.60. The van der Waals surface area contributed by atoms with Gasteiger partial charge in [0.15, 0.2) is 0 Å². The van der Waals surface area contributed by atoms with Crippen LogP contribution in [0.15, 0.2) is 60.8 Å². The Labute approximate surface area is 168 Å². The van der Waals surface area contributed by atoms with E-state index in [1.165, 1.54) is 5.56 Å². The van der Waals surface area contributed by atoms with Gasteiger partial charge in [0.1, 0.15) is 11.4 Å². The van der Waals surface area contributed by atoms with E-state index in [0.29, 0.717) is 16.5 Å². The third kappa shape index (κ3) is 3.41. The Morgan fingerprint density at radius 3 is 2.79 bits per heavy atom. The average molecular weight is 394 g/mol. The molecule has 0 spiro atoms. The van der Waals surface area contributed by atoms with Crippen LogP contribution in [0.25, 0.3) is 0 Å². The maximum atomic E-state index is 13.0. The van der Waals surface area contributed by atoms with Crippen molar-refractivity contribution in [1.82, 2.24) is 4.98 Å². The predicted octanol–water partition coefficient (Wildman–Crippen LogP) is 5.08. The molecule has 2 aromatic carbocycles. The molecule has 1 N–H and O–H groups in total. The first kappa shape index (κ1) is 18.3. The smallest absolute Gasteiger partial charge is 0.277 e. The number of carbonyl (C=O) groups excluding carboxylic acids is 1. The summed E-state index contributed by atoms with van der Waals surface area (Å²) in [5.74, 6) is 0.580. The highest BCUT2D eigenvalue weighted by Gasteiger charge is 2.31. The number of pyridine rings is 1. The van der Waals surface area contributed by atoms with Gasteiger partial charge in [-0.2, -0.15) is 0 Å². The van der Waals surface area contributed by atoms with Gasteiger partial charge >= 0.3 is 0 Å². The number of benzene rings is 2. The van der Waals surface area contributed by atoms with E-state index in [1.807, 2.05) is 29.2 Å². The third-order valence-electron chi connectivity index (χ3n) is 4.85. The van der Waals surface area contributed by atoms with Crippen molar-refractivity contribution >= 4 is 34.6 Å². The van der Waals surface area contributed by atoms with Gasteiger partial charge in [0.05, 0.1) is 24.7 Å². The fourth-order valence-electron chi connectivity index (χ4n) is 3.53. The minimum Gasteiger partial charge on any atom is -0.495 e. The molecule has 5 nitrogen and oxygen atoms in total. The first-order valence-corrected chi connectivity index (χ1v) is 9.42. The molecule has 142 valence electrons. The molecule has 1 atom stereocenters. The highest BCUT2D eigenvalue weighted by Crippen LogP contribution is 2.33. The third-order valence-corrected chi connectivity index (χ3v) is 5.08. The number of amides is 1. The van der Waals surface area contributed by atoms with Gasteiger partial charge in [-0.1, -0.05) is 29.8 Å². The number of carbonyl (C=O) groups is 1. The van der Waals surface area contributed by atoms with Crippen molar-refractivity contribution in [1.29, 1.82) is 0 Å². The Hall–Kier alpha value is -3.05. The first-order chi connectivity index (χ1) is 13.6. The summed E-state index contributed by atoms with van der Waals surface area (Å²) in [5, 5.41) is 3.83. The van der Waals surface area contributed by atoms with Crippen LogP contribution in [0.2, 0.25) is 5.02 Å². The number of nitrogens with one attached hydrogen (secondary N) is 1. The molecule has 0 radical (unpaired) electrons. The fraction of sp³-hybridized carbons (Fsp3) is 0.182. The van der Waals surface area contributed by atoms with Gasteiger partial charge < -0.3 is 15.0 Å². The number of anilines is 3. The van der Waals surface area contributed by atoms with Gasteiger partial charge in [-0.3, -0.25) is 4.79 Å². The number of hydrogen-bond donors (Lipinski definition) is 1.